The molecule has 2 rings (SSSR count). The maximum atomic E-state index is 9.49. The molecule has 0 bridgehead atoms. The zero-order valence-electron chi connectivity index (χ0n) is 9.83. The van der Waals surface area contributed by atoms with Gasteiger partial charge in [-0.15, -0.1) is 0 Å². The Morgan fingerprint density at radius 3 is 2.87 bits per heavy atom. The molecule has 1 N–H and O–H groups in total. The Balaban J connectivity index is 2.12. The Kier molecular flexibility index (Phi) is 2.91. The lowest BCUT2D eigenvalue weighted by Gasteiger charge is -2.46. The molecule has 15 heavy (non-hydrogen) atoms. The number of ether oxygens (including phenoxy) is 1. The van der Waals surface area contributed by atoms with Crippen molar-refractivity contribution in [2.24, 2.45) is 5.41 Å². The van der Waals surface area contributed by atoms with E-state index in [1.807, 2.05) is 6.08 Å². The van der Waals surface area contributed by atoms with Gasteiger partial charge in [0, 0.05) is 6.61 Å². The Morgan fingerprint density at radius 1 is 1.47 bits per heavy atom. The molecule has 0 aromatic heterocycles. The zero-order chi connectivity index (χ0) is 10.9. The molecule has 1 heterocycles. The van der Waals surface area contributed by atoms with E-state index in [-0.39, 0.29) is 11.7 Å². The van der Waals surface area contributed by atoms with Crippen LogP contribution in [0.3, 0.4) is 0 Å². The van der Waals surface area contributed by atoms with Crippen molar-refractivity contribution < 1.29 is 9.84 Å². The monoisotopic (exact) mass is 210 g/mol. The molecule has 1 aliphatic heterocycles. The summed E-state index contributed by atoms with van der Waals surface area (Å²) in [6, 6.07) is 0. The number of hydrogen-bond donors (Lipinski definition) is 1. The van der Waals surface area contributed by atoms with Crippen molar-refractivity contribution in [2.75, 3.05) is 6.61 Å². The van der Waals surface area contributed by atoms with Crippen LogP contribution in [0.1, 0.15) is 46.0 Å². The van der Waals surface area contributed by atoms with E-state index in [1.54, 1.807) is 0 Å². The van der Waals surface area contributed by atoms with Crippen molar-refractivity contribution >= 4 is 0 Å². The molecule has 0 amide bonds. The number of hydrogen-bond acceptors (Lipinski definition) is 2. The molecule has 86 valence electrons. The third-order valence-corrected chi connectivity index (χ3v) is 4.13. The highest BCUT2D eigenvalue weighted by Crippen LogP contribution is 2.46. The predicted molar refractivity (Wildman–Crippen MR) is 60.7 cm³/mol. The topological polar surface area (TPSA) is 29.5 Å². The van der Waals surface area contributed by atoms with Gasteiger partial charge < -0.3 is 9.84 Å². The molecule has 0 aromatic rings. The minimum atomic E-state index is -0.216. The van der Waals surface area contributed by atoms with Gasteiger partial charge in [-0.3, -0.25) is 0 Å². The fourth-order valence-electron chi connectivity index (χ4n) is 2.90. The average molecular weight is 210 g/mol. The molecule has 0 aromatic carbocycles. The van der Waals surface area contributed by atoms with Gasteiger partial charge in [-0.1, -0.05) is 19.1 Å². The second-order valence-corrected chi connectivity index (χ2v) is 5.41. The van der Waals surface area contributed by atoms with Crippen molar-refractivity contribution in [2.45, 2.75) is 57.7 Å². The molecule has 2 aliphatic rings. The summed E-state index contributed by atoms with van der Waals surface area (Å²) in [5, 5.41) is 9.49. The van der Waals surface area contributed by atoms with Crippen LogP contribution in [0, 0.1) is 5.41 Å². The van der Waals surface area contributed by atoms with Crippen LogP contribution < -0.4 is 0 Å². The van der Waals surface area contributed by atoms with Crippen molar-refractivity contribution in [1.82, 2.24) is 0 Å². The minimum absolute atomic E-state index is 0.0465. The summed E-state index contributed by atoms with van der Waals surface area (Å²) in [6.45, 7) is 5.28. The van der Waals surface area contributed by atoms with Gasteiger partial charge in [-0.25, -0.2) is 0 Å². The Bertz CT molecular complexity index is 261. The molecule has 3 atom stereocenters. The molecule has 0 saturated carbocycles. The first-order chi connectivity index (χ1) is 7.08. The van der Waals surface area contributed by atoms with Crippen LogP contribution in [0.2, 0.25) is 0 Å². The summed E-state index contributed by atoms with van der Waals surface area (Å²) < 4.78 is 5.87. The first-order valence-electron chi connectivity index (χ1n) is 6.09. The van der Waals surface area contributed by atoms with Gasteiger partial charge in [0.2, 0.25) is 0 Å². The van der Waals surface area contributed by atoms with Crippen molar-refractivity contribution in [3.63, 3.8) is 0 Å². The highest BCUT2D eigenvalue weighted by molar-refractivity contribution is 5.10. The van der Waals surface area contributed by atoms with Gasteiger partial charge in [0.1, 0.15) is 0 Å². The first-order valence-corrected chi connectivity index (χ1v) is 6.09. The van der Waals surface area contributed by atoms with Gasteiger partial charge in [0.05, 0.1) is 11.7 Å². The number of aliphatic hydroxyl groups is 1. The van der Waals surface area contributed by atoms with E-state index in [9.17, 15) is 5.11 Å². The quantitative estimate of drug-likeness (QED) is 0.674. The zero-order valence-corrected chi connectivity index (χ0v) is 9.83. The van der Waals surface area contributed by atoms with Crippen LogP contribution >= 0.6 is 0 Å². The number of rotatable bonds is 1. The summed E-state index contributed by atoms with van der Waals surface area (Å²) in [4.78, 5) is 0. The number of allylic oxidation sites excluding steroid dienone is 1. The number of aliphatic hydroxyl groups excluding tert-OH is 1. The largest absolute Gasteiger partial charge is 0.389 e. The lowest BCUT2D eigenvalue weighted by atomic mass is 9.67. The third-order valence-electron chi connectivity index (χ3n) is 4.13. The van der Waals surface area contributed by atoms with Crippen LogP contribution in [0.15, 0.2) is 12.2 Å². The fraction of sp³-hybridized carbons (Fsp3) is 0.846. The van der Waals surface area contributed by atoms with E-state index in [0.29, 0.717) is 5.41 Å². The molecule has 1 aliphatic carbocycles. The van der Waals surface area contributed by atoms with Crippen LogP contribution in [0.25, 0.3) is 0 Å². The first kappa shape index (κ1) is 11.2. The van der Waals surface area contributed by atoms with Gasteiger partial charge in [-0.2, -0.15) is 0 Å². The van der Waals surface area contributed by atoms with Crippen LogP contribution in [-0.4, -0.2) is 23.4 Å². The van der Waals surface area contributed by atoms with E-state index in [1.165, 1.54) is 0 Å². The van der Waals surface area contributed by atoms with E-state index in [0.717, 1.165) is 38.7 Å². The molecule has 0 radical (unpaired) electrons. The van der Waals surface area contributed by atoms with Crippen LogP contribution in [0.5, 0.6) is 0 Å². The molecule has 1 fully saturated rings. The van der Waals surface area contributed by atoms with E-state index in [4.69, 9.17) is 4.74 Å². The second-order valence-electron chi connectivity index (χ2n) is 5.41. The van der Waals surface area contributed by atoms with Crippen LogP contribution in [0.4, 0.5) is 0 Å². The van der Waals surface area contributed by atoms with Crippen molar-refractivity contribution in [3.05, 3.63) is 12.2 Å². The molecule has 0 unspecified atom stereocenters. The summed E-state index contributed by atoms with van der Waals surface area (Å²) in [7, 11) is 0. The van der Waals surface area contributed by atoms with Gasteiger partial charge >= 0.3 is 0 Å². The Labute approximate surface area is 92.3 Å². The fourth-order valence-corrected chi connectivity index (χ4v) is 2.90. The molecule has 2 heteroatoms. The predicted octanol–water partition coefficient (Wildman–Crippen LogP) is 2.66. The molecular weight excluding hydrogens is 188 g/mol. The lowest BCUT2D eigenvalue weighted by molar-refractivity contribution is -0.110. The average Bonchev–Trinajstić information content (AvgIpc) is 2.23. The summed E-state index contributed by atoms with van der Waals surface area (Å²) in [6.07, 6.45) is 9.34. The normalized spacial score (nSPS) is 45.9. The highest BCUT2D eigenvalue weighted by Gasteiger charge is 2.41. The van der Waals surface area contributed by atoms with Crippen molar-refractivity contribution in [3.8, 4) is 0 Å². The molecule has 1 saturated heterocycles. The summed E-state index contributed by atoms with van der Waals surface area (Å²) >= 11 is 0. The van der Waals surface area contributed by atoms with Crippen LogP contribution in [-0.2, 0) is 4.74 Å². The van der Waals surface area contributed by atoms with E-state index >= 15 is 0 Å². The van der Waals surface area contributed by atoms with E-state index < -0.39 is 0 Å². The maximum Gasteiger partial charge on any atom is 0.0721 e. The SMILES string of the molecule is CC[C@]1(C)C[C@]2(C=C[C@@H](O)CC2)CCO1. The Hall–Kier alpha value is -0.340. The maximum absolute atomic E-state index is 9.49. The minimum Gasteiger partial charge on any atom is -0.389 e. The Morgan fingerprint density at radius 2 is 2.27 bits per heavy atom. The van der Waals surface area contributed by atoms with E-state index in [2.05, 4.69) is 19.9 Å². The molecule has 1 spiro atoms. The standard InChI is InChI=1S/C13H22O2/c1-3-12(2)10-13(8-9-15-12)6-4-11(14)5-7-13/h4,6,11,14H,3,5,7-10H2,1-2H3/t11-,12-,13+/m1/s1. The summed E-state index contributed by atoms with van der Waals surface area (Å²) in [5.41, 5.74) is 0.354. The second kappa shape index (κ2) is 3.91. The lowest BCUT2D eigenvalue weighted by Crippen LogP contribution is -2.43. The summed E-state index contributed by atoms with van der Waals surface area (Å²) in [5.74, 6) is 0. The molecule has 2 nitrogen and oxygen atoms in total. The van der Waals surface area contributed by atoms with Gasteiger partial charge in [0.25, 0.3) is 0 Å². The molecular formula is C13H22O2. The third kappa shape index (κ3) is 2.26. The smallest absolute Gasteiger partial charge is 0.0721 e. The highest BCUT2D eigenvalue weighted by atomic mass is 16.5. The van der Waals surface area contributed by atoms with Gasteiger partial charge in [0.15, 0.2) is 0 Å². The van der Waals surface area contributed by atoms with Crippen molar-refractivity contribution in [1.29, 1.82) is 0 Å². The van der Waals surface area contributed by atoms with Gasteiger partial charge in [-0.05, 0) is 44.4 Å².